The van der Waals surface area contributed by atoms with Crippen molar-refractivity contribution in [3.8, 4) is 0 Å². The Bertz CT molecular complexity index is 235. The van der Waals surface area contributed by atoms with Crippen molar-refractivity contribution < 1.29 is 14.7 Å². The van der Waals surface area contributed by atoms with Crippen LogP contribution in [-0.4, -0.2) is 36.5 Å². The maximum atomic E-state index is 11.4. The van der Waals surface area contributed by atoms with Gasteiger partial charge >= 0.3 is 0 Å². The summed E-state index contributed by atoms with van der Waals surface area (Å²) in [5, 5.41) is 11.2. The molecule has 0 radical (unpaired) electrons. The summed E-state index contributed by atoms with van der Waals surface area (Å²) >= 11 is 0. The Morgan fingerprint density at radius 2 is 1.58 bits per heavy atom. The molecule has 1 atom stereocenters. The van der Waals surface area contributed by atoms with E-state index in [-0.39, 0.29) is 12.5 Å². The molecule has 0 spiro atoms. The highest BCUT2D eigenvalue weighted by Gasteiger charge is 2.08. The van der Waals surface area contributed by atoms with Crippen LogP contribution in [-0.2, 0) is 9.59 Å². The average molecular weight is 272 g/mol. The number of rotatable bonds is 13. The molecule has 0 aliphatic heterocycles. The van der Waals surface area contributed by atoms with Gasteiger partial charge in [0.05, 0.1) is 6.61 Å². The molecule has 112 valence electrons. The van der Waals surface area contributed by atoms with Crippen molar-refractivity contribution in [2.24, 2.45) is 5.73 Å². The van der Waals surface area contributed by atoms with E-state index in [9.17, 15) is 9.59 Å². The van der Waals surface area contributed by atoms with Crippen molar-refractivity contribution in [3.05, 3.63) is 0 Å². The fourth-order valence-electron chi connectivity index (χ4n) is 1.89. The maximum absolute atomic E-state index is 11.4. The number of amides is 1. The molecule has 0 saturated carbocycles. The van der Waals surface area contributed by atoms with E-state index >= 15 is 0 Å². The molecule has 0 bridgehead atoms. The van der Waals surface area contributed by atoms with Gasteiger partial charge in [-0.2, -0.15) is 0 Å². The van der Waals surface area contributed by atoms with Gasteiger partial charge in [0.2, 0.25) is 5.91 Å². The van der Waals surface area contributed by atoms with Crippen LogP contribution < -0.4 is 11.1 Å². The highest BCUT2D eigenvalue weighted by Crippen LogP contribution is 2.09. The fourth-order valence-corrected chi connectivity index (χ4v) is 1.89. The van der Waals surface area contributed by atoms with Crippen LogP contribution in [0.3, 0.4) is 0 Å². The number of aliphatic hydroxyl groups excluding tert-OH is 1. The first kappa shape index (κ1) is 18.1. The SMILES string of the molecule is NCCCCCCCCCCC(=O)N[C@H](C=O)CO. The number of hydrogen-bond acceptors (Lipinski definition) is 4. The first-order chi connectivity index (χ1) is 9.24. The van der Waals surface area contributed by atoms with Crippen molar-refractivity contribution in [1.82, 2.24) is 5.32 Å². The predicted molar refractivity (Wildman–Crippen MR) is 75.7 cm³/mol. The van der Waals surface area contributed by atoms with E-state index in [1.165, 1.54) is 25.7 Å². The summed E-state index contributed by atoms with van der Waals surface area (Å²) in [4.78, 5) is 21.8. The van der Waals surface area contributed by atoms with E-state index < -0.39 is 6.04 Å². The minimum Gasteiger partial charge on any atom is -0.394 e. The van der Waals surface area contributed by atoms with Gasteiger partial charge in [-0.05, 0) is 19.4 Å². The van der Waals surface area contributed by atoms with Crippen LogP contribution in [0, 0.1) is 0 Å². The monoisotopic (exact) mass is 272 g/mol. The van der Waals surface area contributed by atoms with Gasteiger partial charge in [-0.15, -0.1) is 0 Å². The quantitative estimate of drug-likeness (QED) is 0.346. The molecule has 5 heteroatoms. The predicted octanol–water partition coefficient (Wildman–Crippen LogP) is 1.13. The fraction of sp³-hybridized carbons (Fsp3) is 0.857. The van der Waals surface area contributed by atoms with Crippen molar-refractivity contribution >= 4 is 12.2 Å². The van der Waals surface area contributed by atoms with Gasteiger partial charge in [-0.1, -0.05) is 38.5 Å². The number of nitrogens with one attached hydrogen (secondary N) is 1. The number of carbonyl (C=O) groups is 2. The zero-order chi connectivity index (χ0) is 14.3. The first-order valence-corrected chi connectivity index (χ1v) is 7.30. The van der Waals surface area contributed by atoms with Gasteiger partial charge in [-0.25, -0.2) is 0 Å². The Labute approximate surface area is 115 Å². The lowest BCUT2D eigenvalue weighted by molar-refractivity contribution is -0.124. The molecular formula is C14H28N2O3. The number of carbonyl (C=O) groups excluding carboxylic acids is 2. The van der Waals surface area contributed by atoms with Gasteiger partial charge in [0.15, 0.2) is 0 Å². The largest absolute Gasteiger partial charge is 0.394 e. The zero-order valence-corrected chi connectivity index (χ0v) is 11.8. The second kappa shape index (κ2) is 13.5. The van der Waals surface area contributed by atoms with E-state index in [2.05, 4.69) is 5.32 Å². The molecule has 0 aromatic rings. The van der Waals surface area contributed by atoms with E-state index in [0.717, 1.165) is 32.2 Å². The smallest absolute Gasteiger partial charge is 0.220 e. The normalized spacial score (nSPS) is 12.1. The molecule has 5 nitrogen and oxygen atoms in total. The second-order valence-corrected chi connectivity index (χ2v) is 4.86. The average Bonchev–Trinajstić information content (AvgIpc) is 2.43. The summed E-state index contributed by atoms with van der Waals surface area (Å²) in [6, 6.07) is -0.755. The van der Waals surface area contributed by atoms with Gasteiger partial charge < -0.3 is 21.0 Å². The van der Waals surface area contributed by atoms with Crippen LogP contribution in [0.1, 0.15) is 57.8 Å². The molecule has 1 amide bonds. The lowest BCUT2D eigenvalue weighted by atomic mass is 10.1. The molecule has 0 aromatic heterocycles. The third-order valence-electron chi connectivity index (χ3n) is 3.07. The Morgan fingerprint density at radius 1 is 1.05 bits per heavy atom. The summed E-state index contributed by atoms with van der Waals surface area (Å²) in [5.41, 5.74) is 5.42. The van der Waals surface area contributed by atoms with Crippen LogP contribution in [0.2, 0.25) is 0 Å². The van der Waals surface area contributed by atoms with Crippen LogP contribution in [0.4, 0.5) is 0 Å². The van der Waals surface area contributed by atoms with Crippen molar-refractivity contribution in [1.29, 1.82) is 0 Å². The zero-order valence-electron chi connectivity index (χ0n) is 11.8. The molecule has 0 unspecified atom stereocenters. The highest BCUT2D eigenvalue weighted by atomic mass is 16.3. The van der Waals surface area contributed by atoms with Crippen LogP contribution in [0.15, 0.2) is 0 Å². The molecule has 0 rings (SSSR count). The number of unbranched alkanes of at least 4 members (excludes halogenated alkanes) is 7. The summed E-state index contributed by atoms with van der Waals surface area (Å²) in [6.07, 6.45) is 10.0. The Balaban J connectivity index is 3.29. The van der Waals surface area contributed by atoms with Gasteiger partial charge in [0.1, 0.15) is 12.3 Å². The van der Waals surface area contributed by atoms with E-state index in [1.54, 1.807) is 0 Å². The molecule has 0 fully saturated rings. The highest BCUT2D eigenvalue weighted by molar-refractivity contribution is 5.79. The molecule has 0 aliphatic rings. The number of nitrogens with two attached hydrogens (primary N) is 1. The van der Waals surface area contributed by atoms with Gasteiger partial charge in [0.25, 0.3) is 0 Å². The van der Waals surface area contributed by atoms with Crippen LogP contribution in [0.25, 0.3) is 0 Å². The Kier molecular flexibility index (Phi) is 12.8. The number of aldehydes is 1. The van der Waals surface area contributed by atoms with Crippen molar-refractivity contribution in [2.45, 2.75) is 63.8 Å². The molecule has 0 aliphatic carbocycles. The molecule has 19 heavy (non-hydrogen) atoms. The first-order valence-electron chi connectivity index (χ1n) is 7.30. The maximum Gasteiger partial charge on any atom is 0.220 e. The number of hydrogen-bond donors (Lipinski definition) is 3. The van der Waals surface area contributed by atoms with Crippen molar-refractivity contribution in [3.63, 3.8) is 0 Å². The summed E-state index contributed by atoms with van der Waals surface area (Å²) in [6.45, 7) is 0.447. The molecule has 0 heterocycles. The van der Waals surface area contributed by atoms with Crippen molar-refractivity contribution in [2.75, 3.05) is 13.2 Å². The van der Waals surface area contributed by atoms with E-state index in [1.807, 2.05) is 0 Å². The molecule has 0 aromatic carbocycles. The Morgan fingerprint density at radius 3 is 2.05 bits per heavy atom. The third-order valence-corrected chi connectivity index (χ3v) is 3.07. The minimum absolute atomic E-state index is 0.158. The van der Waals surface area contributed by atoms with Crippen LogP contribution >= 0.6 is 0 Å². The molecular weight excluding hydrogens is 244 g/mol. The summed E-state index contributed by atoms with van der Waals surface area (Å²) in [5.74, 6) is -0.158. The van der Waals surface area contributed by atoms with Gasteiger partial charge in [-0.3, -0.25) is 4.79 Å². The Hall–Kier alpha value is -0.940. The molecule has 4 N–H and O–H groups in total. The third kappa shape index (κ3) is 11.9. The summed E-state index contributed by atoms with van der Waals surface area (Å²) in [7, 11) is 0. The standard InChI is InChI=1S/C14H28N2O3/c15-10-8-6-4-2-1-3-5-7-9-14(19)16-13(11-17)12-18/h11,13,18H,1-10,12,15H2,(H,16,19)/t13-/m1/s1. The van der Waals surface area contributed by atoms with Gasteiger partial charge in [0, 0.05) is 6.42 Å². The topological polar surface area (TPSA) is 92.4 Å². The number of aliphatic hydroxyl groups is 1. The lowest BCUT2D eigenvalue weighted by Crippen LogP contribution is -2.38. The van der Waals surface area contributed by atoms with E-state index in [0.29, 0.717) is 12.7 Å². The molecule has 0 saturated heterocycles. The lowest BCUT2D eigenvalue weighted by Gasteiger charge is -2.09. The van der Waals surface area contributed by atoms with Crippen LogP contribution in [0.5, 0.6) is 0 Å². The van der Waals surface area contributed by atoms with E-state index in [4.69, 9.17) is 10.8 Å². The minimum atomic E-state index is -0.755. The second-order valence-electron chi connectivity index (χ2n) is 4.86. The summed E-state index contributed by atoms with van der Waals surface area (Å²) < 4.78 is 0.